The molecular formula is C40H37N2OSi+. The van der Waals surface area contributed by atoms with Gasteiger partial charge >= 0.3 is 0 Å². The smallest absolute Gasteiger partial charge is 0.227 e. The number of aromatic nitrogens is 2. The van der Waals surface area contributed by atoms with Crippen LogP contribution in [0.3, 0.4) is 0 Å². The second-order valence-electron chi connectivity index (χ2n) is 11.5. The van der Waals surface area contributed by atoms with Gasteiger partial charge in [-0.3, -0.25) is 0 Å². The summed E-state index contributed by atoms with van der Waals surface area (Å²) in [5.41, 5.74) is 3.28. The van der Waals surface area contributed by atoms with E-state index in [-0.39, 0.29) is 28.1 Å². The van der Waals surface area contributed by atoms with Gasteiger partial charge in [0.1, 0.15) is 15.1 Å². The first-order valence-corrected chi connectivity index (χ1v) is 17.0. The third kappa shape index (κ3) is 4.49. The Morgan fingerprint density at radius 3 is 1.98 bits per heavy atom. The number of furan rings is 1. The number of pyridine rings is 2. The van der Waals surface area contributed by atoms with Crippen molar-refractivity contribution in [2.45, 2.75) is 34.0 Å². The molecule has 0 amide bonds. The van der Waals surface area contributed by atoms with E-state index in [4.69, 9.17) is 16.8 Å². The highest BCUT2D eigenvalue weighted by molar-refractivity contribution is 7.10. The molecule has 3 heterocycles. The van der Waals surface area contributed by atoms with E-state index in [1.54, 1.807) is 36.5 Å². The van der Waals surface area contributed by atoms with Crippen LogP contribution in [0.2, 0.25) is 6.55 Å². The van der Waals surface area contributed by atoms with Crippen LogP contribution < -0.4 is 20.1 Å². The largest absolute Gasteiger partial charge is 0.437 e. The van der Waals surface area contributed by atoms with Gasteiger partial charge in [-0.25, -0.2) is 9.55 Å². The van der Waals surface area contributed by atoms with Crippen LogP contribution in [-0.2, 0) is 7.05 Å². The fourth-order valence-electron chi connectivity index (χ4n) is 6.40. The zero-order valence-corrected chi connectivity index (χ0v) is 25.8. The molecule has 0 aliphatic heterocycles. The summed E-state index contributed by atoms with van der Waals surface area (Å²) in [5.74, 6) is 0. The first-order chi connectivity index (χ1) is 24.9. The predicted molar refractivity (Wildman–Crippen MR) is 186 cm³/mol. The Bertz CT molecular complexity index is 2430. The minimum absolute atomic E-state index is 0.0356. The van der Waals surface area contributed by atoms with Crippen LogP contribution in [0, 0.1) is 27.5 Å². The summed E-state index contributed by atoms with van der Waals surface area (Å²) in [6.07, 6.45) is 1.78. The molecule has 0 spiro atoms. The average Bonchev–Trinajstić information content (AvgIpc) is 3.49. The summed E-state index contributed by atoms with van der Waals surface area (Å²) in [5, 5.41) is 4.12. The van der Waals surface area contributed by atoms with Crippen LogP contribution >= 0.6 is 0 Å². The molecule has 0 bridgehead atoms. The van der Waals surface area contributed by atoms with E-state index in [1.165, 1.54) is 6.07 Å². The van der Waals surface area contributed by atoms with Gasteiger partial charge in [0.05, 0.1) is 5.56 Å². The van der Waals surface area contributed by atoms with Crippen LogP contribution in [0.25, 0.3) is 44.5 Å². The zero-order valence-electron chi connectivity index (χ0n) is 33.8. The number of benzene rings is 4. The lowest BCUT2D eigenvalue weighted by atomic mass is 9.94. The molecule has 0 N–H and O–H groups in total. The van der Waals surface area contributed by atoms with Crippen LogP contribution in [0.1, 0.15) is 34.7 Å². The number of rotatable bonds is 5. The van der Waals surface area contributed by atoms with Gasteiger partial charge in [0, 0.05) is 40.9 Å². The molecule has 7 rings (SSSR count). The normalized spacial score (nSPS) is 15.8. The van der Waals surface area contributed by atoms with Crippen molar-refractivity contribution in [3.63, 3.8) is 0 Å². The second kappa shape index (κ2) is 10.7. The van der Waals surface area contributed by atoms with Crippen molar-refractivity contribution in [2.75, 3.05) is 0 Å². The Labute approximate surface area is 273 Å². The van der Waals surface area contributed by atoms with E-state index in [2.05, 4.69) is 11.5 Å². The van der Waals surface area contributed by atoms with E-state index >= 15 is 0 Å². The van der Waals surface area contributed by atoms with E-state index in [9.17, 15) is 0 Å². The van der Waals surface area contributed by atoms with Crippen molar-refractivity contribution in [1.82, 2.24) is 4.98 Å². The van der Waals surface area contributed by atoms with Gasteiger partial charge in [0.15, 0.2) is 11.8 Å². The molecule has 3 nitrogen and oxygen atoms in total. The summed E-state index contributed by atoms with van der Waals surface area (Å²) >= 11 is 0. The van der Waals surface area contributed by atoms with Crippen molar-refractivity contribution in [3.8, 4) is 22.4 Å². The molecule has 0 saturated carbocycles. The number of hydrogen-bond donors (Lipinski definition) is 0. The molecule has 4 heteroatoms. The molecule has 0 radical (unpaired) electrons. The summed E-state index contributed by atoms with van der Waals surface area (Å²) in [6.45, 7) is -3.68. The molecule has 44 heavy (non-hydrogen) atoms. The first kappa shape index (κ1) is 19.5. The van der Waals surface area contributed by atoms with Crippen molar-refractivity contribution in [2.24, 2.45) is 7.05 Å². The van der Waals surface area contributed by atoms with Crippen LogP contribution in [0.15, 0.2) is 120 Å². The monoisotopic (exact) mass is 598 g/mol. The lowest BCUT2D eigenvalue weighted by Gasteiger charge is -2.31. The quantitative estimate of drug-likeness (QED) is 0.117. The van der Waals surface area contributed by atoms with Crippen molar-refractivity contribution in [1.29, 1.82) is 0 Å². The minimum atomic E-state index is -2.92. The average molecular weight is 599 g/mol. The fraction of sp³-hybridized carbons (Fsp3) is 0.150. The summed E-state index contributed by atoms with van der Waals surface area (Å²) in [4.78, 5) is 4.33. The summed E-state index contributed by atoms with van der Waals surface area (Å²) in [7, 11) is -1.08. The van der Waals surface area contributed by atoms with Crippen LogP contribution in [0.4, 0.5) is 0 Å². The fourth-order valence-corrected chi connectivity index (χ4v) is 9.98. The molecule has 7 aromatic rings. The van der Waals surface area contributed by atoms with Crippen molar-refractivity contribution < 1.29 is 21.3 Å². The Morgan fingerprint density at radius 1 is 0.682 bits per heavy atom. The molecule has 0 fully saturated rings. The predicted octanol–water partition coefficient (Wildman–Crippen LogP) is 7.47. The maximum atomic E-state index is 8.80. The SMILES string of the molecule is [2H]C([2H])([2H])c1ccc2c(n1)oc1c(-c3cc(-c4c(C([2H])([2H])[2H])cc([Si](C)(c5ccccc5)c5ccccc5)cc4C([2H])([2H])[2H])cc[n+]3C)c(C)ccc12. The highest BCUT2D eigenvalue weighted by Crippen LogP contribution is 2.38. The maximum Gasteiger partial charge on any atom is 0.227 e. The summed E-state index contributed by atoms with van der Waals surface area (Å²) < 4.78 is 84.4. The molecular weight excluding hydrogens is 553 g/mol. The Morgan fingerprint density at radius 2 is 1.34 bits per heavy atom. The van der Waals surface area contributed by atoms with E-state index in [0.717, 1.165) is 21.3 Å². The third-order valence-corrected chi connectivity index (χ3v) is 13.2. The van der Waals surface area contributed by atoms with Gasteiger partial charge in [-0.05, 0) is 83.0 Å². The van der Waals surface area contributed by atoms with Gasteiger partial charge in [-0.15, -0.1) is 0 Å². The lowest BCUT2D eigenvalue weighted by Crippen LogP contribution is -2.64. The van der Waals surface area contributed by atoms with E-state index in [0.29, 0.717) is 33.0 Å². The van der Waals surface area contributed by atoms with Gasteiger partial charge in [-0.2, -0.15) is 0 Å². The highest BCUT2D eigenvalue weighted by Gasteiger charge is 2.35. The van der Waals surface area contributed by atoms with Crippen LogP contribution in [0.5, 0.6) is 0 Å². The number of hydrogen-bond acceptors (Lipinski definition) is 2. The van der Waals surface area contributed by atoms with Gasteiger partial charge in [0.25, 0.3) is 0 Å². The number of nitrogens with zero attached hydrogens (tertiary/aromatic N) is 2. The Balaban J connectivity index is 1.51. The van der Waals surface area contributed by atoms with Crippen molar-refractivity contribution >= 4 is 45.7 Å². The third-order valence-electron chi connectivity index (χ3n) is 8.83. The Kier molecular flexibility index (Phi) is 4.75. The highest BCUT2D eigenvalue weighted by atomic mass is 28.3. The minimum Gasteiger partial charge on any atom is -0.437 e. The van der Waals surface area contributed by atoms with Gasteiger partial charge in [-0.1, -0.05) is 91.5 Å². The molecule has 4 aromatic carbocycles. The maximum absolute atomic E-state index is 8.80. The van der Waals surface area contributed by atoms with Gasteiger partial charge < -0.3 is 4.42 Å². The molecule has 3 aromatic heterocycles. The molecule has 0 atom stereocenters. The molecule has 0 saturated heterocycles. The first-order valence-electron chi connectivity index (χ1n) is 19.0. The molecule has 216 valence electrons. The second-order valence-corrected chi connectivity index (χ2v) is 15.5. The summed E-state index contributed by atoms with van der Waals surface area (Å²) in [6, 6.07) is 33.7. The van der Waals surface area contributed by atoms with E-state index < -0.39 is 28.6 Å². The zero-order chi connectivity index (χ0) is 38.1. The van der Waals surface area contributed by atoms with Crippen LogP contribution in [-0.4, -0.2) is 13.1 Å². The topological polar surface area (TPSA) is 29.9 Å². The van der Waals surface area contributed by atoms with Gasteiger partial charge in [0.2, 0.25) is 11.4 Å². The molecule has 0 aliphatic carbocycles. The molecule has 0 aliphatic rings. The standard InChI is InChI=1S/C40H37N2OSi/c1-26-17-19-34-35-20-18-29(4)41-40(35)43-39(34)38(26)36-25-30(21-22-42(36)5)37-27(2)23-33(24-28(37)3)44(6,31-13-9-7-10-14-31)32-15-11-8-12-16-32/h7-25H,1-6H3/q+1/i2D3,3D3,4D3. The van der Waals surface area contributed by atoms with E-state index in [1.807, 2.05) is 91.3 Å². The van der Waals surface area contributed by atoms with Crippen molar-refractivity contribution in [3.05, 3.63) is 138 Å². The molecule has 0 unspecified atom stereocenters. The lowest BCUT2D eigenvalue weighted by molar-refractivity contribution is -0.660. The Hall–Kier alpha value is -4.80. The number of fused-ring (bicyclic) bond motifs is 3. The number of aryl methyl sites for hydroxylation is 5.